The number of carbonyl (C=O) groups excluding carboxylic acids is 2. The first-order valence-corrected chi connectivity index (χ1v) is 11.0. The fraction of sp³-hybridized carbons (Fsp3) is 0.458. The fourth-order valence-corrected chi connectivity index (χ4v) is 4.57. The number of rotatable bonds is 4. The molecule has 1 aromatic heterocycles. The van der Waals surface area contributed by atoms with Crippen molar-refractivity contribution in [3.8, 4) is 0 Å². The van der Waals surface area contributed by atoms with Gasteiger partial charge in [0.25, 0.3) is 0 Å². The van der Waals surface area contributed by atoms with Gasteiger partial charge in [0, 0.05) is 36.4 Å². The first kappa shape index (κ1) is 21.8. The SMILES string of the molecule is CC(C)(C)N1CC(C(=O)N2C(=O)OC[C@@H]2Cc2ccccc2)C(c2ccc(Cl)cn2)C1. The van der Waals surface area contributed by atoms with Crippen LogP contribution >= 0.6 is 11.6 Å². The summed E-state index contributed by atoms with van der Waals surface area (Å²) in [6, 6.07) is 13.2. The number of imide groups is 1. The molecule has 6 nitrogen and oxygen atoms in total. The second-order valence-corrected chi connectivity index (χ2v) is 9.76. The van der Waals surface area contributed by atoms with E-state index in [4.69, 9.17) is 16.3 Å². The highest BCUT2D eigenvalue weighted by molar-refractivity contribution is 6.30. The Hall–Kier alpha value is -2.44. The standard InChI is InChI=1S/C24H28ClN3O3/c1-24(2,3)27-13-19(21-10-9-17(25)12-26-21)20(14-27)22(29)28-18(15-31-23(28)30)11-16-7-5-4-6-8-16/h4-10,12,18-20H,11,13-15H2,1-3H3/t18-,19?,20?/m0/s1. The minimum atomic E-state index is -0.553. The summed E-state index contributed by atoms with van der Waals surface area (Å²) in [5.41, 5.74) is 1.79. The molecular formula is C24H28ClN3O3. The van der Waals surface area contributed by atoms with E-state index in [0.717, 1.165) is 11.3 Å². The minimum Gasteiger partial charge on any atom is -0.447 e. The molecule has 2 fully saturated rings. The number of nitrogens with zero attached hydrogens (tertiary/aromatic N) is 3. The van der Waals surface area contributed by atoms with Crippen LogP contribution < -0.4 is 0 Å². The number of pyridine rings is 1. The van der Waals surface area contributed by atoms with Gasteiger partial charge in [0.15, 0.2) is 0 Å². The van der Waals surface area contributed by atoms with Gasteiger partial charge in [-0.1, -0.05) is 41.9 Å². The molecule has 2 amide bonds. The van der Waals surface area contributed by atoms with Gasteiger partial charge in [-0.25, -0.2) is 9.69 Å². The van der Waals surface area contributed by atoms with Gasteiger partial charge >= 0.3 is 6.09 Å². The Bertz CT molecular complexity index is 943. The van der Waals surface area contributed by atoms with Gasteiger partial charge in [-0.2, -0.15) is 0 Å². The van der Waals surface area contributed by atoms with Crippen molar-refractivity contribution in [2.45, 2.75) is 44.7 Å². The van der Waals surface area contributed by atoms with Gasteiger partial charge in [-0.05, 0) is 44.9 Å². The van der Waals surface area contributed by atoms with Gasteiger partial charge in [-0.3, -0.25) is 14.7 Å². The van der Waals surface area contributed by atoms with E-state index in [1.165, 1.54) is 4.90 Å². The van der Waals surface area contributed by atoms with Crippen molar-refractivity contribution in [1.82, 2.24) is 14.8 Å². The zero-order chi connectivity index (χ0) is 22.2. The first-order valence-electron chi connectivity index (χ1n) is 10.6. The molecule has 3 atom stereocenters. The van der Waals surface area contributed by atoms with Crippen molar-refractivity contribution in [2.75, 3.05) is 19.7 Å². The molecule has 2 saturated heterocycles. The van der Waals surface area contributed by atoms with Crippen molar-refractivity contribution in [1.29, 1.82) is 0 Å². The van der Waals surface area contributed by atoms with Crippen LogP contribution in [0.2, 0.25) is 5.02 Å². The van der Waals surface area contributed by atoms with Crippen molar-refractivity contribution < 1.29 is 14.3 Å². The predicted octanol–water partition coefficient (Wildman–Crippen LogP) is 4.14. The zero-order valence-corrected chi connectivity index (χ0v) is 18.9. The third-order valence-electron chi connectivity index (χ3n) is 6.23. The van der Waals surface area contributed by atoms with Crippen molar-refractivity contribution in [3.63, 3.8) is 0 Å². The zero-order valence-electron chi connectivity index (χ0n) is 18.1. The number of hydrogen-bond donors (Lipinski definition) is 0. The van der Waals surface area contributed by atoms with Gasteiger partial charge in [0.2, 0.25) is 5.91 Å². The molecule has 2 aliphatic rings. The number of carbonyl (C=O) groups is 2. The highest BCUT2D eigenvalue weighted by atomic mass is 35.5. The summed E-state index contributed by atoms with van der Waals surface area (Å²) in [6.07, 6.45) is 1.64. The summed E-state index contributed by atoms with van der Waals surface area (Å²) in [7, 11) is 0. The summed E-state index contributed by atoms with van der Waals surface area (Å²) in [5, 5.41) is 0.559. The van der Waals surface area contributed by atoms with Gasteiger partial charge in [-0.15, -0.1) is 0 Å². The van der Waals surface area contributed by atoms with E-state index in [-0.39, 0.29) is 35.9 Å². The molecule has 7 heteroatoms. The van der Waals surface area contributed by atoms with Crippen LogP contribution in [0.25, 0.3) is 0 Å². The van der Waals surface area contributed by atoms with Gasteiger partial charge in [0.1, 0.15) is 6.61 Å². The van der Waals surface area contributed by atoms with E-state index in [0.29, 0.717) is 24.5 Å². The number of aromatic nitrogens is 1. The van der Waals surface area contributed by atoms with Gasteiger partial charge in [0.05, 0.1) is 17.0 Å². The number of benzene rings is 1. The summed E-state index contributed by atoms with van der Waals surface area (Å²) >= 11 is 6.03. The Morgan fingerprint density at radius 1 is 1.16 bits per heavy atom. The van der Waals surface area contributed by atoms with E-state index in [2.05, 4.69) is 30.7 Å². The van der Waals surface area contributed by atoms with E-state index in [1.807, 2.05) is 36.4 Å². The van der Waals surface area contributed by atoms with E-state index >= 15 is 0 Å². The molecule has 0 aliphatic carbocycles. The Kier molecular flexibility index (Phi) is 6.04. The van der Waals surface area contributed by atoms with Crippen LogP contribution in [0.4, 0.5) is 4.79 Å². The lowest BCUT2D eigenvalue weighted by atomic mass is 9.90. The maximum absolute atomic E-state index is 13.7. The molecule has 2 unspecified atom stereocenters. The molecule has 4 rings (SSSR count). The summed E-state index contributed by atoms with van der Waals surface area (Å²) in [6.45, 7) is 7.89. The fourth-order valence-electron chi connectivity index (χ4n) is 4.45. The average molecular weight is 442 g/mol. The van der Waals surface area contributed by atoms with E-state index in [1.54, 1.807) is 12.3 Å². The van der Waals surface area contributed by atoms with Crippen molar-refractivity contribution >= 4 is 23.6 Å². The maximum atomic E-state index is 13.7. The van der Waals surface area contributed by atoms with Gasteiger partial charge < -0.3 is 4.74 Å². The largest absolute Gasteiger partial charge is 0.447 e. The lowest BCUT2D eigenvalue weighted by molar-refractivity contribution is -0.133. The number of amides is 2. The lowest BCUT2D eigenvalue weighted by Gasteiger charge is -2.32. The molecule has 3 heterocycles. The van der Waals surface area contributed by atoms with E-state index < -0.39 is 6.09 Å². The normalized spacial score (nSPS) is 24.5. The Labute approximate surface area is 188 Å². The Balaban J connectivity index is 1.61. The Morgan fingerprint density at radius 2 is 1.90 bits per heavy atom. The van der Waals surface area contributed by atoms with Crippen LogP contribution in [0.1, 0.15) is 37.9 Å². The van der Waals surface area contributed by atoms with Crippen LogP contribution in [0.15, 0.2) is 48.7 Å². The lowest BCUT2D eigenvalue weighted by Crippen LogP contribution is -2.46. The van der Waals surface area contributed by atoms with Crippen LogP contribution in [0.3, 0.4) is 0 Å². The molecule has 0 spiro atoms. The summed E-state index contributed by atoms with van der Waals surface area (Å²) < 4.78 is 5.30. The van der Waals surface area contributed by atoms with Crippen molar-refractivity contribution in [3.05, 3.63) is 64.9 Å². The Morgan fingerprint density at radius 3 is 2.55 bits per heavy atom. The molecule has 1 aromatic carbocycles. The van der Waals surface area contributed by atoms with E-state index in [9.17, 15) is 9.59 Å². The molecule has 31 heavy (non-hydrogen) atoms. The molecule has 0 saturated carbocycles. The maximum Gasteiger partial charge on any atom is 0.416 e. The van der Waals surface area contributed by atoms with Crippen LogP contribution in [-0.2, 0) is 16.0 Å². The topological polar surface area (TPSA) is 62.7 Å². The highest BCUT2D eigenvalue weighted by Gasteiger charge is 2.48. The van der Waals surface area contributed by atoms with Crippen LogP contribution in [0.5, 0.6) is 0 Å². The number of hydrogen-bond acceptors (Lipinski definition) is 5. The number of ether oxygens (including phenoxy) is 1. The second-order valence-electron chi connectivity index (χ2n) is 9.32. The third kappa shape index (κ3) is 4.60. The van der Waals surface area contributed by atoms with Crippen LogP contribution in [0, 0.1) is 5.92 Å². The summed E-state index contributed by atoms with van der Waals surface area (Å²) in [4.78, 5) is 34.4. The quantitative estimate of drug-likeness (QED) is 0.713. The minimum absolute atomic E-state index is 0.103. The summed E-state index contributed by atoms with van der Waals surface area (Å²) in [5.74, 6) is -0.677. The second kappa shape index (κ2) is 8.60. The number of cyclic esters (lactones) is 1. The monoisotopic (exact) mass is 441 g/mol. The highest BCUT2D eigenvalue weighted by Crippen LogP contribution is 2.38. The molecule has 164 valence electrons. The molecular weight excluding hydrogens is 414 g/mol. The van der Waals surface area contributed by atoms with Crippen molar-refractivity contribution in [2.24, 2.45) is 5.92 Å². The van der Waals surface area contributed by atoms with Crippen LogP contribution in [-0.4, -0.2) is 58.1 Å². The predicted molar refractivity (Wildman–Crippen MR) is 119 cm³/mol. The molecule has 2 aromatic rings. The third-order valence-corrected chi connectivity index (χ3v) is 6.45. The number of halogens is 1. The molecule has 0 bridgehead atoms. The molecule has 0 N–H and O–H groups in total. The molecule has 0 radical (unpaired) electrons. The smallest absolute Gasteiger partial charge is 0.416 e. The average Bonchev–Trinajstić information content (AvgIpc) is 3.33. The number of likely N-dealkylation sites (tertiary alicyclic amines) is 1. The molecule has 2 aliphatic heterocycles. The first-order chi connectivity index (χ1) is 14.7.